The molecular weight excluding hydrogens is 464 g/mol. The summed E-state index contributed by atoms with van der Waals surface area (Å²) in [4.78, 5) is 19.9. The van der Waals surface area contributed by atoms with Crippen LogP contribution in [0.5, 0.6) is 5.75 Å². The molecule has 10 heteroatoms. The van der Waals surface area contributed by atoms with Crippen molar-refractivity contribution in [2.75, 3.05) is 34.3 Å². The summed E-state index contributed by atoms with van der Waals surface area (Å²) in [6, 6.07) is 12.6. The van der Waals surface area contributed by atoms with Gasteiger partial charge in [-0.1, -0.05) is 6.07 Å². The summed E-state index contributed by atoms with van der Waals surface area (Å²) in [6.45, 7) is 5.70. The van der Waals surface area contributed by atoms with Crippen molar-refractivity contribution in [1.29, 1.82) is 0 Å². The van der Waals surface area contributed by atoms with Crippen molar-refractivity contribution in [3.63, 3.8) is 0 Å². The number of thiocarbonyl (C=S) groups is 1. The highest BCUT2D eigenvalue weighted by molar-refractivity contribution is 7.80. The number of rotatable bonds is 8. The topological polar surface area (TPSA) is 88.7 Å². The number of methoxy groups -OCH3 is 1. The van der Waals surface area contributed by atoms with E-state index in [1.54, 1.807) is 12.3 Å². The summed E-state index contributed by atoms with van der Waals surface area (Å²) in [5.41, 5.74) is 4.79. The Morgan fingerprint density at radius 1 is 1.23 bits per heavy atom. The number of nitrogens with zero attached hydrogens (tertiary/aromatic N) is 5. The molecule has 1 N–H and O–H groups in total. The van der Waals surface area contributed by atoms with Crippen molar-refractivity contribution in [3.8, 4) is 11.4 Å². The molecule has 0 bridgehead atoms. The lowest BCUT2D eigenvalue weighted by Crippen LogP contribution is -2.35. The molecule has 1 saturated heterocycles. The third kappa shape index (κ3) is 4.71. The van der Waals surface area contributed by atoms with E-state index >= 15 is 0 Å². The maximum Gasteiger partial charge on any atom is 0.273 e. The second-order valence-corrected chi connectivity index (χ2v) is 9.29. The molecule has 9 nitrogen and oxygen atoms in total. The third-order valence-electron chi connectivity index (χ3n) is 6.39. The van der Waals surface area contributed by atoms with Crippen LogP contribution in [0.15, 0.2) is 48.7 Å². The van der Waals surface area contributed by atoms with Gasteiger partial charge in [0.2, 0.25) is 0 Å². The van der Waals surface area contributed by atoms with Crippen molar-refractivity contribution < 1.29 is 9.66 Å². The van der Waals surface area contributed by atoms with Crippen molar-refractivity contribution in [1.82, 2.24) is 24.7 Å². The predicted molar refractivity (Wildman–Crippen MR) is 139 cm³/mol. The van der Waals surface area contributed by atoms with Crippen molar-refractivity contribution in [2.45, 2.75) is 25.9 Å². The highest BCUT2D eigenvalue weighted by Crippen LogP contribution is 2.42. The zero-order chi connectivity index (χ0) is 25.3. The molecule has 0 spiro atoms. The van der Waals surface area contributed by atoms with Crippen LogP contribution in [-0.2, 0) is 0 Å². The van der Waals surface area contributed by atoms with Gasteiger partial charge in [-0.15, -0.1) is 0 Å². The normalized spacial score (nSPS) is 17.7. The lowest BCUT2D eigenvalue weighted by molar-refractivity contribution is -0.384. The zero-order valence-electron chi connectivity index (χ0n) is 20.6. The van der Waals surface area contributed by atoms with Crippen LogP contribution in [-0.4, -0.2) is 63.7 Å². The Labute approximate surface area is 210 Å². The van der Waals surface area contributed by atoms with E-state index in [0.29, 0.717) is 10.9 Å². The van der Waals surface area contributed by atoms with E-state index in [0.717, 1.165) is 41.4 Å². The molecule has 1 aromatic carbocycles. The standard InChI is InChI=1S/C25H30N6O3S/c1-16-14-19(17(2)30(16)21-10-9-18(31(32)33)15-22(21)34-5)24-23(20-8-6-7-11-26-20)27-25(35)29(24)13-12-28(3)4/h6-11,14-15,23-24H,12-13H2,1-5H3,(H,27,35)/t23-,24+/m0/s1. The monoisotopic (exact) mass is 494 g/mol. The molecule has 1 aliphatic heterocycles. The lowest BCUT2D eigenvalue weighted by Gasteiger charge is -2.29. The van der Waals surface area contributed by atoms with Gasteiger partial charge in [0.25, 0.3) is 5.69 Å². The molecule has 1 fully saturated rings. The first kappa shape index (κ1) is 24.6. The molecule has 3 aromatic rings. The molecule has 2 aromatic heterocycles. The number of likely N-dealkylation sites (N-methyl/N-ethyl adjacent to an activating group) is 1. The Bertz CT molecular complexity index is 1240. The van der Waals surface area contributed by atoms with Crippen LogP contribution in [0.25, 0.3) is 5.69 Å². The number of nitro benzene ring substituents is 1. The number of pyridine rings is 1. The number of aromatic nitrogens is 2. The number of non-ortho nitro benzene ring substituents is 1. The Hall–Kier alpha value is -3.50. The summed E-state index contributed by atoms with van der Waals surface area (Å²) in [5, 5.41) is 15.5. The smallest absolute Gasteiger partial charge is 0.273 e. The minimum atomic E-state index is -0.418. The fourth-order valence-corrected chi connectivity index (χ4v) is 5.05. The first-order valence-electron chi connectivity index (χ1n) is 11.4. The SMILES string of the molecule is COc1cc([N+](=O)[O-])ccc1-n1c(C)cc([C@@H]2[C@H](c3ccccn3)NC(=S)N2CCN(C)C)c1C. The number of benzene rings is 1. The first-order valence-corrected chi connectivity index (χ1v) is 11.8. The van der Waals surface area contributed by atoms with E-state index < -0.39 is 4.92 Å². The van der Waals surface area contributed by atoms with Gasteiger partial charge in [0.15, 0.2) is 5.11 Å². The molecule has 0 aliphatic carbocycles. The number of nitro groups is 1. The highest BCUT2D eigenvalue weighted by atomic mass is 32.1. The van der Waals surface area contributed by atoms with Crippen molar-refractivity contribution in [3.05, 3.63) is 81.4 Å². The molecule has 1 aliphatic rings. The highest BCUT2D eigenvalue weighted by Gasteiger charge is 2.41. The Kier molecular flexibility index (Phi) is 7.04. The Balaban J connectivity index is 1.83. The minimum absolute atomic E-state index is 0.0105. The van der Waals surface area contributed by atoms with Crippen LogP contribution >= 0.6 is 12.2 Å². The first-order chi connectivity index (χ1) is 16.7. The summed E-state index contributed by atoms with van der Waals surface area (Å²) in [5.74, 6) is 0.443. The molecular formula is C25H30N6O3S. The van der Waals surface area contributed by atoms with Crippen LogP contribution in [0, 0.1) is 24.0 Å². The fourth-order valence-electron chi connectivity index (χ4n) is 4.71. The molecule has 4 rings (SSSR count). The van der Waals surface area contributed by atoms with Gasteiger partial charge >= 0.3 is 0 Å². The van der Waals surface area contributed by atoms with Crippen LogP contribution in [0.2, 0.25) is 0 Å². The zero-order valence-corrected chi connectivity index (χ0v) is 21.4. The van der Waals surface area contributed by atoms with E-state index in [2.05, 4.69) is 37.7 Å². The second kappa shape index (κ2) is 10.0. The number of hydrogen-bond donors (Lipinski definition) is 1. The van der Waals surface area contributed by atoms with Crippen molar-refractivity contribution >= 4 is 23.0 Å². The molecule has 2 atom stereocenters. The van der Waals surface area contributed by atoms with E-state index in [-0.39, 0.29) is 17.8 Å². The van der Waals surface area contributed by atoms with Gasteiger partial charge in [0, 0.05) is 36.7 Å². The van der Waals surface area contributed by atoms with E-state index in [1.807, 2.05) is 39.2 Å². The Morgan fingerprint density at radius 2 is 2.00 bits per heavy atom. The summed E-state index contributed by atoms with van der Waals surface area (Å²) in [6.07, 6.45) is 1.80. The summed E-state index contributed by atoms with van der Waals surface area (Å²) >= 11 is 5.78. The van der Waals surface area contributed by atoms with Crippen LogP contribution < -0.4 is 10.1 Å². The number of nitrogens with one attached hydrogen (secondary N) is 1. The molecule has 0 amide bonds. The summed E-state index contributed by atoms with van der Waals surface area (Å²) in [7, 11) is 5.62. The van der Waals surface area contributed by atoms with Gasteiger partial charge in [-0.05, 0) is 70.0 Å². The molecule has 0 unspecified atom stereocenters. The van der Waals surface area contributed by atoms with Crippen LogP contribution in [0.4, 0.5) is 5.69 Å². The van der Waals surface area contributed by atoms with Gasteiger partial charge in [0.05, 0.1) is 41.6 Å². The largest absolute Gasteiger partial charge is 0.494 e. The Morgan fingerprint density at radius 3 is 2.63 bits per heavy atom. The fraction of sp³-hybridized carbons (Fsp3) is 0.360. The molecule has 3 heterocycles. The average molecular weight is 495 g/mol. The van der Waals surface area contributed by atoms with Gasteiger partial charge in [-0.2, -0.15) is 0 Å². The maximum atomic E-state index is 11.3. The lowest BCUT2D eigenvalue weighted by atomic mass is 9.96. The van der Waals surface area contributed by atoms with Gasteiger partial charge in [0.1, 0.15) is 5.75 Å². The third-order valence-corrected chi connectivity index (χ3v) is 6.74. The predicted octanol–water partition coefficient (Wildman–Crippen LogP) is 3.94. The molecule has 0 saturated carbocycles. The quantitative estimate of drug-likeness (QED) is 0.286. The second-order valence-electron chi connectivity index (χ2n) is 8.90. The van der Waals surface area contributed by atoms with Gasteiger partial charge in [-0.3, -0.25) is 15.1 Å². The average Bonchev–Trinajstić information content (AvgIpc) is 3.32. The maximum absolute atomic E-state index is 11.3. The van der Waals surface area contributed by atoms with Crippen LogP contribution in [0.1, 0.15) is 34.7 Å². The van der Waals surface area contributed by atoms with E-state index in [4.69, 9.17) is 17.0 Å². The molecule has 0 radical (unpaired) electrons. The van der Waals surface area contributed by atoms with E-state index in [1.165, 1.54) is 19.2 Å². The summed E-state index contributed by atoms with van der Waals surface area (Å²) < 4.78 is 7.63. The molecule has 35 heavy (non-hydrogen) atoms. The minimum Gasteiger partial charge on any atom is -0.494 e. The number of hydrogen-bond acceptors (Lipinski definition) is 6. The number of ether oxygens (including phenoxy) is 1. The van der Waals surface area contributed by atoms with Gasteiger partial charge < -0.3 is 24.4 Å². The van der Waals surface area contributed by atoms with E-state index in [9.17, 15) is 10.1 Å². The number of aryl methyl sites for hydroxylation is 1. The van der Waals surface area contributed by atoms with Crippen molar-refractivity contribution in [2.24, 2.45) is 0 Å². The van der Waals surface area contributed by atoms with Gasteiger partial charge in [-0.25, -0.2) is 0 Å². The van der Waals surface area contributed by atoms with Crippen LogP contribution in [0.3, 0.4) is 0 Å². The molecule has 184 valence electrons.